The number of rotatable bonds is 7. The van der Waals surface area contributed by atoms with Crippen LogP contribution >= 0.6 is 11.8 Å². The van der Waals surface area contributed by atoms with Gasteiger partial charge in [-0.3, -0.25) is 0 Å². The number of ether oxygens (including phenoxy) is 1. The topological polar surface area (TPSA) is 55.6 Å². The van der Waals surface area contributed by atoms with Crippen LogP contribution in [0.5, 0.6) is 0 Å². The molecule has 0 saturated carbocycles. The van der Waals surface area contributed by atoms with Crippen molar-refractivity contribution in [1.82, 2.24) is 0 Å². The first-order valence-corrected chi connectivity index (χ1v) is 8.19. The van der Waals surface area contributed by atoms with Crippen LogP contribution in [-0.4, -0.2) is 37.7 Å². The maximum absolute atomic E-state index is 12.1. The molecule has 20 heavy (non-hydrogen) atoms. The molecule has 0 aromatic heterocycles. The Labute approximate surface area is 125 Å². The summed E-state index contributed by atoms with van der Waals surface area (Å²) >= 11 is 1.82. The normalized spacial score (nSPS) is 12.0. The Bertz CT molecular complexity index is 451. The Morgan fingerprint density at radius 2 is 2.20 bits per heavy atom. The van der Waals surface area contributed by atoms with Crippen molar-refractivity contribution < 1.29 is 9.53 Å². The number of nitrogen functional groups attached to an aromatic ring is 1. The minimum absolute atomic E-state index is 0.306. The van der Waals surface area contributed by atoms with Gasteiger partial charge in [-0.2, -0.15) is 11.8 Å². The second-order valence-corrected chi connectivity index (χ2v) is 5.69. The van der Waals surface area contributed by atoms with Crippen LogP contribution in [0.15, 0.2) is 18.2 Å². The van der Waals surface area contributed by atoms with E-state index in [1.54, 1.807) is 19.1 Å². The average Bonchev–Trinajstić information content (AvgIpc) is 2.44. The highest BCUT2D eigenvalue weighted by molar-refractivity contribution is 7.98. The number of hydrogen-bond acceptors (Lipinski definition) is 5. The fourth-order valence-corrected chi connectivity index (χ4v) is 2.61. The number of nitrogens with zero attached hydrogens (tertiary/aromatic N) is 1. The number of carbonyl (C=O) groups is 1. The number of carbonyl (C=O) groups excluding carboxylic acids is 1. The Balaban J connectivity index is 3.05. The smallest absolute Gasteiger partial charge is 0.340 e. The summed E-state index contributed by atoms with van der Waals surface area (Å²) in [6.07, 6.45) is 3.13. The molecule has 0 heterocycles. The lowest BCUT2D eigenvalue weighted by Crippen LogP contribution is -2.31. The number of esters is 1. The lowest BCUT2D eigenvalue weighted by Gasteiger charge is -2.29. The van der Waals surface area contributed by atoms with Crippen LogP contribution in [0, 0.1) is 0 Å². The van der Waals surface area contributed by atoms with Gasteiger partial charge in [0, 0.05) is 13.1 Å². The van der Waals surface area contributed by atoms with Gasteiger partial charge in [-0.15, -0.1) is 0 Å². The number of thioether (sulfide) groups is 1. The van der Waals surface area contributed by atoms with E-state index >= 15 is 0 Å². The van der Waals surface area contributed by atoms with Crippen LogP contribution < -0.4 is 10.6 Å². The lowest BCUT2D eigenvalue weighted by molar-refractivity contribution is 0.0527. The number of anilines is 2. The van der Waals surface area contributed by atoms with Crippen LogP contribution in [0.2, 0.25) is 0 Å². The molecule has 1 aromatic rings. The van der Waals surface area contributed by atoms with Gasteiger partial charge in [0.25, 0.3) is 0 Å². The van der Waals surface area contributed by atoms with E-state index in [1.165, 1.54) is 0 Å². The predicted octanol–water partition coefficient (Wildman–Crippen LogP) is 3.02. The number of hydrogen-bond donors (Lipinski definition) is 1. The molecule has 0 radical (unpaired) electrons. The van der Waals surface area contributed by atoms with Crippen molar-refractivity contribution in [3.63, 3.8) is 0 Å². The van der Waals surface area contributed by atoms with Crippen molar-refractivity contribution in [1.29, 1.82) is 0 Å². The highest BCUT2D eigenvalue weighted by atomic mass is 32.2. The maximum atomic E-state index is 12.1. The predicted molar refractivity (Wildman–Crippen MR) is 87.7 cm³/mol. The third kappa shape index (κ3) is 4.07. The van der Waals surface area contributed by atoms with Crippen molar-refractivity contribution in [2.45, 2.75) is 26.3 Å². The summed E-state index contributed by atoms with van der Waals surface area (Å²) in [6, 6.07) is 5.67. The van der Waals surface area contributed by atoms with E-state index < -0.39 is 0 Å². The molecule has 1 rings (SSSR count). The molecule has 0 aliphatic heterocycles. The van der Waals surface area contributed by atoms with E-state index in [2.05, 4.69) is 18.1 Å². The molecule has 0 aliphatic carbocycles. The second kappa shape index (κ2) is 8.04. The van der Waals surface area contributed by atoms with Crippen molar-refractivity contribution >= 4 is 29.1 Å². The van der Waals surface area contributed by atoms with E-state index in [0.717, 1.165) is 17.9 Å². The zero-order valence-corrected chi connectivity index (χ0v) is 13.5. The van der Waals surface area contributed by atoms with Crippen molar-refractivity contribution in [3.05, 3.63) is 23.8 Å². The minimum Gasteiger partial charge on any atom is -0.462 e. The first-order chi connectivity index (χ1) is 9.52. The van der Waals surface area contributed by atoms with Gasteiger partial charge in [-0.25, -0.2) is 4.79 Å². The van der Waals surface area contributed by atoms with Gasteiger partial charge < -0.3 is 15.4 Å². The standard InChI is InChI=1S/C15H24N2O2S/c1-5-19-15(18)12-7-6-8-13(16)14(12)17(3)11(2)9-10-20-4/h6-8,11H,5,9-10,16H2,1-4H3. The summed E-state index contributed by atoms with van der Waals surface area (Å²) in [6.45, 7) is 4.30. The molecule has 0 spiro atoms. The molecule has 0 fully saturated rings. The summed E-state index contributed by atoms with van der Waals surface area (Å²) in [4.78, 5) is 14.1. The van der Waals surface area contributed by atoms with Crippen molar-refractivity contribution in [3.8, 4) is 0 Å². The number of para-hydroxylation sites is 1. The molecule has 1 unspecified atom stereocenters. The summed E-state index contributed by atoms with van der Waals surface area (Å²) in [5, 5.41) is 0. The molecule has 0 bridgehead atoms. The first-order valence-electron chi connectivity index (χ1n) is 6.80. The monoisotopic (exact) mass is 296 g/mol. The van der Waals surface area contributed by atoms with Crippen molar-refractivity contribution in [2.75, 3.05) is 36.3 Å². The Hall–Kier alpha value is -1.36. The van der Waals surface area contributed by atoms with Gasteiger partial charge in [0.2, 0.25) is 0 Å². The van der Waals surface area contributed by atoms with Gasteiger partial charge in [-0.1, -0.05) is 6.07 Å². The third-order valence-electron chi connectivity index (χ3n) is 3.32. The molecule has 0 saturated heterocycles. The largest absolute Gasteiger partial charge is 0.462 e. The van der Waals surface area contributed by atoms with Crippen LogP contribution in [0.1, 0.15) is 30.6 Å². The van der Waals surface area contributed by atoms with E-state index in [9.17, 15) is 4.79 Å². The first kappa shape index (κ1) is 16.7. The van der Waals surface area contributed by atoms with Gasteiger partial charge in [0.1, 0.15) is 0 Å². The molecular formula is C15H24N2O2S. The fraction of sp³-hybridized carbons (Fsp3) is 0.533. The van der Waals surface area contributed by atoms with Crippen LogP contribution in [0.4, 0.5) is 11.4 Å². The zero-order chi connectivity index (χ0) is 15.1. The highest BCUT2D eigenvalue weighted by Gasteiger charge is 2.20. The average molecular weight is 296 g/mol. The third-order valence-corrected chi connectivity index (χ3v) is 3.96. The van der Waals surface area contributed by atoms with Crippen LogP contribution in [-0.2, 0) is 4.74 Å². The maximum Gasteiger partial charge on any atom is 0.340 e. The SMILES string of the molecule is CCOC(=O)c1cccc(N)c1N(C)C(C)CCSC. The van der Waals surface area contributed by atoms with E-state index in [4.69, 9.17) is 10.5 Å². The molecule has 2 N–H and O–H groups in total. The second-order valence-electron chi connectivity index (χ2n) is 4.71. The molecule has 1 aromatic carbocycles. The molecular weight excluding hydrogens is 272 g/mol. The van der Waals surface area contributed by atoms with E-state index in [0.29, 0.717) is 23.9 Å². The molecule has 4 nitrogen and oxygen atoms in total. The van der Waals surface area contributed by atoms with Crippen molar-refractivity contribution in [2.24, 2.45) is 0 Å². The highest BCUT2D eigenvalue weighted by Crippen LogP contribution is 2.30. The number of nitrogens with two attached hydrogens (primary N) is 1. The Morgan fingerprint density at radius 3 is 2.80 bits per heavy atom. The summed E-state index contributed by atoms with van der Waals surface area (Å²) in [5.74, 6) is 0.756. The quantitative estimate of drug-likeness (QED) is 0.619. The molecule has 5 heteroatoms. The zero-order valence-electron chi connectivity index (χ0n) is 12.7. The fourth-order valence-electron chi connectivity index (χ4n) is 2.03. The van der Waals surface area contributed by atoms with Gasteiger partial charge in [0.15, 0.2) is 0 Å². The van der Waals surface area contributed by atoms with Gasteiger partial charge in [0.05, 0.1) is 23.5 Å². The van der Waals surface area contributed by atoms with Gasteiger partial charge in [-0.05, 0) is 44.4 Å². The molecule has 0 aliphatic rings. The molecule has 0 amide bonds. The van der Waals surface area contributed by atoms with Crippen LogP contribution in [0.25, 0.3) is 0 Å². The number of benzene rings is 1. The summed E-state index contributed by atoms with van der Waals surface area (Å²) in [5.41, 5.74) is 7.97. The van der Waals surface area contributed by atoms with E-state index in [1.807, 2.05) is 24.9 Å². The Morgan fingerprint density at radius 1 is 1.50 bits per heavy atom. The van der Waals surface area contributed by atoms with Crippen LogP contribution in [0.3, 0.4) is 0 Å². The van der Waals surface area contributed by atoms with Gasteiger partial charge >= 0.3 is 5.97 Å². The lowest BCUT2D eigenvalue weighted by atomic mass is 10.1. The summed E-state index contributed by atoms with van der Waals surface area (Å²) in [7, 11) is 1.97. The minimum atomic E-state index is -0.321. The molecule has 112 valence electrons. The summed E-state index contributed by atoms with van der Waals surface area (Å²) < 4.78 is 5.11. The van der Waals surface area contributed by atoms with E-state index in [-0.39, 0.29) is 5.97 Å². The molecule has 1 atom stereocenters. The Kier molecular flexibility index (Phi) is 6.71.